The Balaban J connectivity index is 2.24. The Kier molecular flexibility index (Phi) is 4.07. The summed E-state index contributed by atoms with van der Waals surface area (Å²) in [6.07, 6.45) is 0.903. The van der Waals surface area contributed by atoms with Crippen LogP contribution in [0.25, 0.3) is 0 Å². The van der Waals surface area contributed by atoms with Gasteiger partial charge in [0.15, 0.2) is 0 Å². The van der Waals surface area contributed by atoms with Crippen molar-refractivity contribution < 1.29 is 0 Å². The van der Waals surface area contributed by atoms with Crippen LogP contribution in [-0.2, 0) is 18.4 Å². The van der Waals surface area contributed by atoms with Gasteiger partial charge in [-0.2, -0.15) is 0 Å². The Morgan fingerprint density at radius 3 is 2.58 bits per heavy atom. The van der Waals surface area contributed by atoms with Gasteiger partial charge in [0.1, 0.15) is 0 Å². The average Bonchev–Trinajstić information content (AvgIpc) is 2.80. The first kappa shape index (κ1) is 14.2. The molecule has 2 aromatic rings. The molecule has 0 saturated heterocycles. The second-order valence-corrected chi connectivity index (χ2v) is 6.96. The van der Waals surface area contributed by atoms with Crippen molar-refractivity contribution in [2.75, 3.05) is 0 Å². The van der Waals surface area contributed by atoms with E-state index in [2.05, 4.69) is 51.3 Å². The zero-order valence-electron chi connectivity index (χ0n) is 12.2. The van der Waals surface area contributed by atoms with Crippen molar-refractivity contribution in [2.24, 2.45) is 5.73 Å². The van der Waals surface area contributed by atoms with Crippen LogP contribution in [0.4, 0.5) is 0 Å². The highest BCUT2D eigenvalue weighted by Gasteiger charge is 2.17. The Bertz CT molecular complexity index is 564. The van der Waals surface area contributed by atoms with E-state index in [4.69, 9.17) is 10.7 Å². The third-order valence-corrected chi connectivity index (χ3v) is 4.16. The van der Waals surface area contributed by atoms with E-state index in [0.29, 0.717) is 6.54 Å². The Morgan fingerprint density at radius 1 is 1.26 bits per heavy atom. The molecule has 0 atom stereocenters. The van der Waals surface area contributed by atoms with E-state index in [1.165, 1.54) is 27.4 Å². The van der Waals surface area contributed by atoms with Crippen molar-refractivity contribution >= 4 is 11.3 Å². The lowest BCUT2D eigenvalue weighted by molar-refractivity contribution is 0.571. The summed E-state index contributed by atoms with van der Waals surface area (Å²) >= 11 is 1.75. The second-order valence-electron chi connectivity index (χ2n) is 6.02. The summed E-state index contributed by atoms with van der Waals surface area (Å²) in [5.74, 6) is 0. The third kappa shape index (κ3) is 3.43. The number of rotatable bonds is 3. The van der Waals surface area contributed by atoms with Crippen LogP contribution < -0.4 is 5.73 Å². The molecule has 2 nitrogen and oxygen atoms in total. The lowest BCUT2D eigenvalue weighted by Gasteiger charge is -2.14. The van der Waals surface area contributed by atoms with Gasteiger partial charge in [-0.3, -0.25) is 0 Å². The van der Waals surface area contributed by atoms with Crippen LogP contribution in [-0.4, -0.2) is 4.98 Å². The minimum Gasteiger partial charge on any atom is -0.326 e. The summed E-state index contributed by atoms with van der Waals surface area (Å²) in [5.41, 5.74) is 10.8. The highest BCUT2D eigenvalue weighted by atomic mass is 32.1. The van der Waals surface area contributed by atoms with Gasteiger partial charge < -0.3 is 5.73 Å². The molecule has 1 aromatic heterocycles. The van der Waals surface area contributed by atoms with Gasteiger partial charge >= 0.3 is 0 Å². The van der Waals surface area contributed by atoms with E-state index >= 15 is 0 Å². The predicted octanol–water partition coefficient (Wildman–Crippen LogP) is 3.80. The standard InChI is InChI=1S/C16H22N2S/c1-11-5-6-12(9-17)7-13(11)8-15-18-14(10-19-15)16(2,3)4/h5-7,10H,8-9,17H2,1-4H3. The van der Waals surface area contributed by atoms with Crippen LogP contribution in [0, 0.1) is 6.92 Å². The number of aryl methyl sites for hydroxylation is 1. The first-order chi connectivity index (χ1) is 8.90. The fraction of sp³-hybridized carbons (Fsp3) is 0.438. The molecule has 0 aliphatic carbocycles. The zero-order valence-corrected chi connectivity index (χ0v) is 13.0. The maximum Gasteiger partial charge on any atom is 0.0972 e. The van der Waals surface area contributed by atoms with Crippen LogP contribution in [0.3, 0.4) is 0 Å². The molecule has 2 rings (SSSR count). The summed E-state index contributed by atoms with van der Waals surface area (Å²) in [6, 6.07) is 6.45. The lowest BCUT2D eigenvalue weighted by atomic mass is 9.93. The van der Waals surface area contributed by atoms with Crippen LogP contribution in [0.5, 0.6) is 0 Å². The third-order valence-electron chi connectivity index (χ3n) is 3.31. The van der Waals surface area contributed by atoms with Crippen molar-refractivity contribution in [2.45, 2.75) is 46.1 Å². The largest absolute Gasteiger partial charge is 0.326 e. The molecule has 1 heterocycles. The minimum atomic E-state index is 0.128. The van der Waals surface area contributed by atoms with Gasteiger partial charge in [-0.1, -0.05) is 39.0 Å². The lowest BCUT2D eigenvalue weighted by Crippen LogP contribution is -2.11. The molecule has 0 amide bonds. The summed E-state index contributed by atoms with van der Waals surface area (Å²) in [4.78, 5) is 4.76. The van der Waals surface area contributed by atoms with Crippen molar-refractivity contribution in [3.05, 3.63) is 51.0 Å². The average molecular weight is 274 g/mol. The summed E-state index contributed by atoms with van der Waals surface area (Å²) in [6.45, 7) is 9.34. The maximum absolute atomic E-state index is 5.71. The summed E-state index contributed by atoms with van der Waals surface area (Å²) in [5, 5.41) is 3.36. The molecule has 0 unspecified atom stereocenters. The Hall–Kier alpha value is -1.19. The number of thiazole rings is 1. The van der Waals surface area contributed by atoms with Gasteiger partial charge in [0.25, 0.3) is 0 Å². The fourth-order valence-corrected chi connectivity index (χ4v) is 2.99. The number of hydrogen-bond donors (Lipinski definition) is 1. The van der Waals surface area contributed by atoms with Crippen LogP contribution in [0.15, 0.2) is 23.6 Å². The molecule has 0 radical (unpaired) electrons. The topological polar surface area (TPSA) is 38.9 Å². The maximum atomic E-state index is 5.71. The number of benzene rings is 1. The molecule has 2 N–H and O–H groups in total. The first-order valence-electron chi connectivity index (χ1n) is 6.63. The molecule has 0 bridgehead atoms. The number of nitrogens with zero attached hydrogens (tertiary/aromatic N) is 1. The molecule has 3 heteroatoms. The van der Waals surface area contributed by atoms with E-state index in [1.807, 2.05) is 0 Å². The molecule has 0 saturated carbocycles. The smallest absolute Gasteiger partial charge is 0.0972 e. The summed E-state index contributed by atoms with van der Waals surface area (Å²) in [7, 11) is 0. The van der Waals surface area contributed by atoms with E-state index < -0.39 is 0 Å². The Labute approximate surface area is 119 Å². The van der Waals surface area contributed by atoms with Gasteiger partial charge in [0.2, 0.25) is 0 Å². The fourth-order valence-electron chi connectivity index (χ4n) is 1.94. The number of aromatic nitrogens is 1. The highest BCUT2D eigenvalue weighted by Crippen LogP contribution is 2.25. The van der Waals surface area contributed by atoms with E-state index in [0.717, 1.165) is 6.42 Å². The van der Waals surface area contributed by atoms with Gasteiger partial charge in [-0.25, -0.2) is 4.98 Å². The van der Waals surface area contributed by atoms with E-state index in [9.17, 15) is 0 Å². The van der Waals surface area contributed by atoms with Crippen molar-refractivity contribution in [3.8, 4) is 0 Å². The van der Waals surface area contributed by atoms with Crippen molar-refractivity contribution in [1.29, 1.82) is 0 Å². The molecule has 0 fully saturated rings. The van der Waals surface area contributed by atoms with E-state index in [-0.39, 0.29) is 5.41 Å². The predicted molar refractivity (Wildman–Crippen MR) is 82.7 cm³/mol. The van der Waals surface area contributed by atoms with Crippen molar-refractivity contribution in [1.82, 2.24) is 4.98 Å². The molecule has 102 valence electrons. The molecule has 19 heavy (non-hydrogen) atoms. The minimum absolute atomic E-state index is 0.128. The quantitative estimate of drug-likeness (QED) is 0.924. The molecular formula is C16H22N2S. The zero-order chi connectivity index (χ0) is 14.0. The van der Waals surface area contributed by atoms with Gasteiger partial charge in [0, 0.05) is 23.8 Å². The monoisotopic (exact) mass is 274 g/mol. The van der Waals surface area contributed by atoms with E-state index in [1.54, 1.807) is 11.3 Å². The van der Waals surface area contributed by atoms with Crippen LogP contribution in [0.1, 0.15) is 48.2 Å². The Morgan fingerprint density at radius 2 is 2.00 bits per heavy atom. The molecule has 0 aliphatic heterocycles. The number of hydrogen-bond acceptors (Lipinski definition) is 3. The first-order valence-corrected chi connectivity index (χ1v) is 7.51. The number of nitrogens with two attached hydrogens (primary N) is 1. The second kappa shape index (κ2) is 5.43. The highest BCUT2D eigenvalue weighted by molar-refractivity contribution is 7.09. The van der Waals surface area contributed by atoms with Gasteiger partial charge in [-0.15, -0.1) is 11.3 Å². The molecule has 0 spiro atoms. The molecule has 0 aliphatic rings. The van der Waals surface area contributed by atoms with Crippen molar-refractivity contribution in [3.63, 3.8) is 0 Å². The van der Waals surface area contributed by atoms with Gasteiger partial charge in [-0.05, 0) is 23.6 Å². The van der Waals surface area contributed by atoms with Gasteiger partial charge in [0.05, 0.1) is 10.7 Å². The van der Waals surface area contributed by atoms with Crippen LogP contribution >= 0.6 is 11.3 Å². The normalized spacial score (nSPS) is 11.8. The molecular weight excluding hydrogens is 252 g/mol. The molecule has 1 aromatic carbocycles. The SMILES string of the molecule is Cc1ccc(CN)cc1Cc1nc(C(C)(C)C)cs1. The van der Waals surface area contributed by atoms with Crippen LogP contribution in [0.2, 0.25) is 0 Å². The summed E-state index contributed by atoms with van der Waals surface area (Å²) < 4.78 is 0.